The second kappa shape index (κ2) is 5.74. The van der Waals surface area contributed by atoms with Crippen LogP contribution in [-0.4, -0.2) is 53.5 Å². The first-order chi connectivity index (χ1) is 1.73. The molecule has 0 atom stereocenters. The Morgan fingerprint density at radius 2 is 1.40 bits per heavy atom. The van der Waals surface area contributed by atoms with E-state index in [4.69, 9.17) is 14.0 Å². The van der Waals surface area contributed by atoms with Crippen molar-refractivity contribution < 1.29 is 24.8 Å². The van der Waals surface area contributed by atoms with Crippen LogP contribution >= 0.6 is 0 Å². The number of halogens is 1. The Morgan fingerprint density at radius 3 is 1.40 bits per heavy atom. The average Bonchev–Trinajstić information content (AvgIpc) is 0.811. The van der Waals surface area contributed by atoms with Gasteiger partial charge < -0.3 is 9.32 Å². The predicted molar refractivity (Wildman–Crippen MR) is 10.8 cm³/mol. The minimum Gasteiger partial charge on any atom is -0.321 e. The van der Waals surface area contributed by atoms with Gasteiger partial charge >= 0.3 is 48.9 Å². The molecule has 0 aromatic rings. The molecule has 0 radical (unpaired) electrons. The van der Waals surface area contributed by atoms with Gasteiger partial charge in [-0.25, -0.2) is 0 Å². The monoisotopic (exact) mass is 224 g/mol. The Morgan fingerprint density at radius 1 is 1.40 bits per heavy atom. The van der Waals surface area contributed by atoms with Gasteiger partial charge in [-0.15, -0.1) is 0 Å². The Bertz CT molecular complexity index is 11.6. The van der Waals surface area contributed by atoms with Crippen molar-refractivity contribution in [1.29, 1.82) is 0 Å². The Balaban J connectivity index is 0. The van der Waals surface area contributed by atoms with Gasteiger partial charge in [0.15, 0.2) is 0 Å². The van der Waals surface area contributed by atoms with Crippen LogP contribution in [0.4, 0.5) is 0 Å². The van der Waals surface area contributed by atoms with Gasteiger partial charge in [0, 0.05) is 4.66 Å². The van der Waals surface area contributed by atoms with Crippen molar-refractivity contribution in [3.8, 4) is 0 Å². The van der Waals surface area contributed by atoms with Gasteiger partial charge in [0.25, 0.3) is 10.8 Å². The summed E-state index contributed by atoms with van der Waals surface area (Å²) in [5, 5.41) is 0. The summed E-state index contributed by atoms with van der Waals surface area (Å²) >= 11 is 0. The molecule has 0 rings (SSSR count). The number of hydrogen-bond donors (Lipinski definition) is 1. The van der Waals surface area contributed by atoms with Crippen LogP contribution in [0.1, 0.15) is 0 Å². The maximum Gasteiger partial charge on any atom is 0.282 e. The Labute approximate surface area is 72.5 Å². The van der Waals surface area contributed by atoms with Crippen LogP contribution in [0.25, 0.3) is 0 Å². The van der Waals surface area contributed by atoms with Gasteiger partial charge in [-0.3, -0.25) is 0 Å². The molecule has 0 amide bonds. The third kappa shape index (κ3) is 26.5. The van der Waals surface area contributed by atoms with E-state index in [0.717, 1.165) is 0 Å². The zero-order valence-corrected chi connectivity index (χ0v) is 2.40. The Hall–Kier alpha value is 1.74. The molecule has 0 aliphatic rings. The van der Waals surface area contributed by atoms with E-state index in [9.17, 15) is 0 Å². The van der Waals surface area contributed by atoms with E-state index in [1.807, 2.05) is 0 Å². The minimum atomic E-state index is -2.60. The van der Waals surface area contributed by atoms with Crippen LogP contribution in [0, 0.1) is 10.8 Å². The van der Waals surface area contributed by atoms with E-state index in [2.05, 4.69) is 0 Å². The molecule has 0 saturated heterocycles. The summed E-state index contributed by atoms with van der Waals surface area (Å²) in [7, 11) is -2.60. The smallest absolute Gasteiger partial charge is 0.282 e. The van der Waals surface area contributed by atoms with Crippen LogP contribution in [0.2, 0.25) is 0 Å². The molecule has 0 heterocycles. The van der Waals surface area contributed by atoms with Crippen LogP contribution in [0.15, 0.2) is 0 Å². The summed E-state index contributed by atoms with van der Waals surface area (Å²) in [6.07, 6.45) is 0. The summed E-state index contributed by atoms with van der Waals surface area (Å²) in [4.78, 5) is 0. The van der Waals surface area contributed by atoms with Crippen molar-refractivity contribution in [2.75, 3.05) is 0 Å². The second-order valence-electron chi connectivity index (χ2n) is 0.201. The zero-order chi connectivity index (χ0) is 3.58. The summed E-state index contributed by atoms with van der Waals surface area (Å²) in [5.74, 6) is 0. The molecule has 1 N–H and O–H groups in total. The first-order valence-electron chi connectivity index (χ1n) is 0.478. The minimum absolute atomic E-state index is 0. The quantitative estimate of drug-likeness (QED) is 0.428. The van der Waals surface area contributed by atoms with Crippen LogP contribution in [0.5, 0.6) is 0 Å². The molecule has 5 heteroatoms. The van der Waals surface area contributed by atoms with Crippen LogP contribution in [-0.2, 0) is 0 Å². The first kappa shape index (κ1) is 9.88. The van der Waals surface area contributed by atoms with Crippen LogP contribution in [0.3, 0.4) is 0 Å². The molecule has 0 aliphatic heterocycles. The van der Waals surface area contributed by atoms with Crippen molar-refractivity contribution in [1.82, 2.24) is 0 Å². The van der Waals surface area contributed by atoms with Crippen molar-refractivity contribution >= 4 is 48.9 Å². The molecule has 30 valence electrons. The molecule has 0 aromatic carbocycles. The molecule has 0 aromatic heterocycles. The zero-order valence-electron chi connectivity index (χ0n) is 1.64. The predicted octanol–water partition coefficient (Wildman–Crippen LogP) is -3.85. The maximum atomic E-state index is 8.52. The number of rotatable bonds is 0. The standard InChI is InChI=1S/Ba.ClHO3.2H/c;2-1(3)4;;/h;2H;;. The molecule has 0 bridgehead atoms. The fraction of sp³-hybridized carbons (Fsp3) is 0. The van der Waals surface area contributed by atoms with Gasteiger partial charge in [0.1, 0.15) is 0 Å². The molecular formula is H3BaClO3. The van der Waals surface area contributed by atoms with Gasteiger partial charge in [-0.1, -0.05) is 0 Å². The molecule has 0 unspecified atom stereocenters. The summed E-state index contributed by atoms with van der Waals surface area (Å²) in [6, 6.07) is 0. The SMILES string of the molecule is [BaH2].[O-][Cl+2]([O-])O. The molecule has 0 saturated carbocycles. The fourth-order valence-corrected chi connectivity index (χ4v) is 0. The van der Waals surface area contributed by atoms with E-state index >= 15 is 0 Å². The van der Waals surface area contributed by atoms with Crippen molar-refractivity contribution in [2.45, 2.75) is 0 Å². The van der Waals surface area contributed by atoms with Gasteiger partial charge in [-0.2, -0.15) is 0 Å². The largest absolute Gasteiger partial charge is 0.321 e. The molecule has 0 fully saturated rings. The Kier molecular flexibility index (Phi) is 11.4. The second-order valence-corrected chi connectivity index (χ2v) is 0.603. The molecule has 5 heavy (non-hydrogen) atoms. The third-order valence-corrected chi connectivity index (χ3v) is 0. The fourth-order valence-electron chi connectivity index (χ4n) is 0. The first-order valence-corrected chi connectivity index (χ1v) is 1.43. The number of hydrogen-bond acceptors (Lipinski definition) is 3. The van der Waals surface area contributed by atoms with E-state index in [0.29, 0.717) is 0 Å². The molecular weight excluding hydrogens is 221 g/mol. The van der Waals surface area contributed by atoms with Gasteiger partial charge in [0.05, 0.1) is 0 Å². The molecule has 0 aliphatic carbocycles. The topological polar surface area (TPSA) is 66.3 Å². The van der Waals surface area contributed by atoms with E-state index in [1.165, 1.54) is 0 Å². The third-order valence-electron chi connectivity index (χ3n) is 0. The van der Waals surface area contributed by atoms with E-state index in [1.54, 1.807) is 0 Å². The molecule has 0 spiro atoms. The summed E-state index contributed by atoms with van der Waals surface area (Å²) < 4.78 is 24.0. The normalized spacial score (nSPS) is 7.20. The van der Waals surface area contributed by atoms with Crippen molar-refractivity contribution in [2.24, 2.45) is 0 Å². The van der Waals surface area contributed by atoms with Crippen LogP contribution < -0.4 is 9.32 Å². The van der Waals surface area contributed by atoms with E-state index in [-0.39, 0.29) is 48.9 Å². The van der Waals surface area contributed by atoms with Gasteiger partial charge in [-0.05, 0) is 0 Å². The van der Waals surface area contributed by atoms with E-state index < -0.39 is 10.8 Å². The summed E-state index contributed by atoms with van der Waals surface area (Å²) in [5.41, 5.74) is 0. The van der Waals surface area contributed by atoms with Crippen molar-refractivity contribution in [3.63, 3.8) is 0 Å². The summed E-state index contributed by atoms with van der Waals surface area (Å²) in [6.45, 7) is 0. The average molecular weight is 224 g/mol. The van der Waals surface area contributed by atoms with Crippen molar-refractivity contribution in [3.05, 3.63) is 0 Å². The molecule has 3 nitrogen and oxygen atoms in total. The maximum absolute atomic E-state index is 8.52. The van der Waals surface area contributed by atoms with Gasteiger partial charge in [0.2, 0.25) is 0 Å².